The van der Waals surface area contributed by atoms with Crippen LogP contribution in [0.25, 0.3) is 11.1 Å². The molecule has 0 radical (unpaired) electrons. The van der Waals surface area contributed by atoms with Crippen LogP contribution in [-0.4, -0.2) is 55.1 Å². The van der Waals surface area contributed by atoms with Gasteiger partial charge in [-0.3, -0.25) is 0 Å². The van der Waals surface area contributed by atoms with Crippen LogP contribution >= 0.6 is 0 Å². The summed E-state index contributed by atoms with van der Waals surface area (Å²) in [6, 6.07) is 18.3. The zero-order valence-electron chi connectivity index (χ0n) is 22.8. The Bertz CT molecular complexity index is 904. The Kier molecular flexibility index (Phi) is 14.2. The van der Waals surface area contributed by atoms with E-state index < -0.39 is 35.9 Å². The van der Waals surface area contributed by atoms with Crippen molar-refractivity contribution in [2.45, 2.75) is 102 Å². The SMILES string of the molecule is CCCCCCC(=C(O)[C@@H](O)[C@@H](O)[C@H](O)[C@@H](O)C(O)=C(CCCCCC)c1ccccc1)c1ccccc1. The maximum Gasteiger partial charge on any atom is 0.139 e. The van der Waals surface area contributed by atoms with Crippen molar-refractivity contribution in [1.29, 1.82) is 0 Å². The Hall–Kier alpha value is -2.64. The van der Waals surface area contributed by atoms with E-state index in [4.69, 9.17) is 0 Å². The van der Waals surface area contributed by atoms with Crippen LogP contribution in [-0.2, 0) is 0 Å². The lowest BCUT2D eigenvalue weighted by Crippen LogP contribution is -2.46. The topological polar surface area (TPSA) is 121 Å². The van der Waals surface area contributed by atoms with Crippen molar-refractivity contribution < 1.29 is 30.6 Å². The minimum Gasteiger partial charge on any atom is -0.509 e. The van der Waals surface area contributed by atoms with Crippen molar-refractivity contribution in [3.05, 3.63) is 83.3 Å². The van der Waals surface area contributed by atoms with Gasteiger partial charge in [0.1, 0.15) is 35.9 Å². The zero-order valence-corrected chi connectivity index (χ0v) is 22.8. The molecule has 0 amide bonds. The third kappa shape index (κ3) is 9.28. The van der Waals surface area contributed by atoms with E-state index in [9.17, 15) is 30.6 Å². The lowest BCUT2D eigenvalue weighted by atomic mass is 9.91. The quantitative estimate of drug-likeness (QED) is 0.106. The van der Waals surface area contributed by atoms with Crippen LogP contribution in [0.4, 0.5) is 0 Å². The molecule has 0 heterocycles. The van der Waals surface area contributed by atoms with Gasteiger partial charge < -0.3 is 30.6 Å². The Morgan fingerprint density at radius 3 is 1.18 bits per heavy atom. The molecular weight excluding hydrogens is 480 g/mol. The summed E-state index contributed by atoms with van der Waals surface area (Å²) in [5, 5.41) is 65.3. The molecule has 4 atom stereocenters. The van der Waals surface area contributed by atoms with Crippen molar-refractivity contribution in [1.82, 2.24) is 0 Å². The van der Waals surface area contributed by atoms with Crippen LogP contribution in [0.2, 0.25) is 0 Å². The minimum atomic E-state index is -1.93. The maximum atomic E-state index is 11.0. The van der Waals surface area contributed by atoms with E-state index in [1.54, 1.807) is 0 Å². The summed E-state index contributed by atoms with van der Waals surface area (Å²) in [5.41, 5.74) is 2.39. The van der Waals surface area contributed by atoms with E-state index in [1.807, 2.05) is 60.7 Å². The number of benzene rings is 2. The summed E-state index contributed by atoms with van der Waals surface area (Å²) < 4.78 is 0. The van der Waals surface area contributed by atoms with Crippen molar-refractivity contribution in [3.63, 3.8) is 0 Å². The van der Waals surface area contributed by atoms with Crippen molar-refractivity contribution in [2.24, 2.45) is 0 Å². The summed E-state index contributed by atoms with van der Waals surface area (Å²) in [5.74, 6) is -0.893. The highest BCUT2D eigenvalue weighted by Crippen LogP contribution is 2.30. The van der Waals surface area contributed by atoms with Crippen molar-refractivity contribution in [2.75, 3.05) is 0 Å². The lowest BCUT2D eigenvalue weighted by Gasteiger charge is -2.28. The molecule has 0 aliphatic heterocycles. The smallest absolute Gasteiger partial charge is 0.139 e. The van der Waals surface area contributed by atoms with E-state index in [0.29, 0.717) is 35.1 Å². The highest BCUT2D eigenvalue weighted by Gasteiger charge is 2.36. The van der Waals surface area contributed by atoms with Crippen LogP contribution < -0.4 is 0 Å². The van der Waals surface area contributed by atoms with Gasteiger partial charge in [0.25, 0.3) is 0 Å². The molecule has 0 saturated carbocycles. The van der Waals surface area contributed by atoms with Crippen LogP contribution in [0, 0.1) is 0 Å². The average Bonchev–Trinajstić information content (AvgIpc) is 2.96. The molecule has 0 saturated heterocycles. The van der Waals surface area contributed by atoms with Crippen LogP contribution in [0.15, 0.2) is 72.2 Å². The standard InChI is InChI=1S/C32H46O6/c1-3-5-7-15-21-25(23-17-11-9-12-18-23)27(33)29(35)31(37)32(38)30(36)28(34)26(22-16-8-6-4-2)24-19-13-10-14-20-24/h9-14,17-20,29-38H,3-8,15-16,21-22H2,1-2H3/t29-,30+,31-,32-/m1/s1. The summed E-state index contributed by atoms with van der Waals surface area (Å²) in [6.07, 6.45) is 1.12. The number of unbranched alkanes of at least 4 members (excludes halogenated alkanes) is 6. The Balaban J connectivity index is 2.30. The summed E-state index contributed by atoms with van der Waals surface area (Å²) in [7, 11) is 0. The molecule has 0 fully saturated rings. The minimum absolute atomic E-state index is 0.447. The summed E-state index contributed by atoms with van der Waals surface area (Å²) in [4.78, 5) is 0. The fourth-order valence-electron chi connectivity index (χ4n) is 4.63. The second-order valence-corrected chi connectivity index (χ2v) is 9.95. The molecule has 6 N–H and O–H groups in total. The monoisotopic (exact) mass is 526 g/mol. The molecule has 0 unspecified atom stereocenters. The number of hydrogen-bond acceptors (Lipinski definition) is 6. The van der Waals surface area contributed by atoms with Gasteiger partial charge in [-0.2, -0.15) is 0 Å². The molecule has 210 valence electrons. The first kappa shape index (κ1) is 31.6. The molecule has 2 aromatic carbocycles. The number of allylic oxidation sites excluding steroid dienone is 2. The van der Waals surface area contributed by atoms with Gasteiger partial charge >= 0.3 is 0 Å². The summed E-state index contributed by atoms with van der Waals surface area (Å²) >= 11 is 0. The van der Waals surface area contributed by atoms with Gasteiger partial charge in [0.05, 0.1) is 0 Å². The molecule has 0 bridgehead atoms. The highest BCUT2D eigenvalue weighted by molar-refractivity contribution is 5.69. The maximum absolute atomic E-state index is 11.0. The van der Waals surface area contributed by atoms with Crippen LogP contribution in [0.3, 0.4) is 0 Å². The molecule has 38 heavy (non-hydrogen) atoms. The Morgan fingerprint density at radius 1 is 0.526 bits per heavy atom. The molecule has 6 heteroatoms. The van der Waals surface area contributed by atoms with Gasteiger partial charge in [0.15, 0.2) is 0 Å². The third-order valence-electron chi connectivity index (χ3n) is 6.98. The van der Waals surface area contributed by atoms with Crippen molar-refractivity contribution in [3.8, 4) is 0 Å². The van der Waals surface area contributed by atoms with Gasteiger partial charge in [-0.1, -0.05) is 113 Å². The first-order chi connectivity index (χ1) is 18.3. The molecule has 0 aliphatic carbocycles. The fraction of sp³-hybridized carbons (Fsp3) is 0.500. The number of aliphatic hydroxyl groups excluding tert-OH is 6. The van der Waals surface area contributed by atoms with E-state index >= 15 is 0 Å². The second kappa shape index (κ2) is 17.0. The molecule has 0 aromatic heterocycles. The molecular formula is C32H46O6. The Morgan fingerprint density at radius 2 is 0.868 bits per heavy atom. The van der Waals surface area contributed by atoms with E-state index in [1.165, 1.54) is 0 Å². The number of aliphatic hydroxyl groups is 6. The molecule has 0 aliphatic rings. The molecule has 2 rings (SSSR count). The van der Waals surface area contributed by atoms with E-state index in [0.717, 1.165) is 51.4 Å². The first-order valence-corrected chi connectivity index (χ1v) is 14.0. The van der Waals surface area contributed by atoms with E-state index in [2.05, 4.69) is 13.8 Å². The predicted molar refractivity (Wildman–Crippen MR) is 154 cm³/mol. The lowest BCUT2D eigenvalue weighted by molar-refractivity contribution is -0.100. The number of rotatable bonds is 17. The zero-order chi connectivity index (χ0) is 27.9. The van der Waals surface area contributed by atoms with Gasteiger partial charge in [0, 0.05) is 0 Å². The predicted octanol–water partition coefficient (Wildman–Crippen LogP) is 6.31. The van der Waals surface area contributed by atoms with Gasteiger partial charge in [-0.05, 0) is 48.0 Å². The van der Waals surface area contributed by atoms with Crippen LogP contribution in [0.1, 0.15) is 89.2 Å². The largest absolute Gasteiger partial charge is 0.509 e. The summed E-state index contributed by atoms with van der Waals surface area (Å²) in [6.45, 7) is 4.22. The third-order valence-corrected chi connectivity index (χ3v) is 6.98. The second-order valence-electron chi connectivity index (χ2n) is 9.95. The highest BCUT2D eigenvalue weighted by atomic mass is 16.4. The van der Waals surface area contributed by atoms with Gasteiger partial charge in [-0.25, -0.2) is 0 Å². The van der Waals surface area contributed by atoms with Gasteiger partial charge in [-0.15, -0.1) is 0 Å². The first-order valence-electron chi connectivity index (χ1n) is 14.0. The normalized spacial score (nSPS) is 16.3. The fourth-order valence-corrected chi connectivity index (χ4v) is 4.63. The van der Waals surface area contributed by atoms with Crippen molar-refractivity contribution >= 4 is 11.1 Å². The molecule has 6 nitrogen and oxygen atoms in total. The molecule has 0 spiro atoms. The number of hydrogen-bond donors (Lipinski definition) is 6. The van der Waals surface area contributed by atoms with Crippen LogP contribution in [0.5, 0.6) is 0 Å². The Labute approximate surface area is 227 Å². The molecule has 2 aromatic rings. The average molecular weight is 527 g/mol. The van der Waals surface area contributed by atoms with Gasteiger partial charge in [0.2, 0.25) is 0 Å². The van der Waals surface area contributed by atoms with E-state index in [-0.39, 0.29) is 0 Å².